The normalized spacial score (nSPS) is 17.4. The Balaban J connectivity index is 2.19. The molecule has 14 heavy (non-hydrogen) atoms. The lowest BCUT2D eigenvalue weighted by atomic mass is 10.2. The number of nitrogens with zero attached hydrogens (tertiary/aromatic N) is 1. The summed E-state index contributed by atoms with van der Waals surface area (Å²) in [6.45, 7) is 1.64. The standard InChI is InChI=1S/C9H11F3N2/c1-5-7(4-6-2-3-6)14-8(13-5)9(10,11)12/h6H,2-4H2,1H3,(H,13,14). The van der Waals surface area contributed by atoms with Crippen LogP contribution in [-0.2, 0) is 12.6 Å². The Bertz CT molecular complexity index is 336. The lowest BCUT2D eigenvalue weighted by molar-refractivity contribution is -0.144. The number of imidazole rings is 1. The third-order valence-corrected chi connectivity index (χ3v) is 2.43. The van der Waals surface area contributed by atoms with E-state index in [9.17, 15) is 13.2 Å². The fourth-order valence-electron chi connectivity index (χ4n) is 1.42. The minimum Gasteiger partial charge on any atom is -0.338 e. The molecule has 0 aliphatic heterocycles. The second-order valence-corrected chi connectivity index (χ2v) is 3.80. The fourth-order valence-corrected chi connectivity index (χ4v) is 1.42. The molecule has 1 aliphatic rings. The van der Waals surface area contributed by atoms with Crippen molar-refractivity contribution in [1.29, 1.82) is 0 Å². The van der Waals surface area contributed by atoms with Gasteiger partial charge in [0.25, 0.3) is 0 Å². The Labute approximate surface area is 79.5 Å². The number of aryl methyl sites for hydroxylation is 1. The van der Waals surface area contributed by atoms with Crippen molar-refractivity contribution in [2.24, 2.45) is 5.92 Å². The smallest absolute Gasteiger partial charge is 0.338 e. The zero-order chi connectivity index (χ0) is 10.3. The third kappa shape index (κ3) is 1.91. The highest BCUT2D eigenvalue weighted by Crippen LogP contribution is 2.34. The zero-order valence-corrected chi connectivity index (χ0v) is 7.78. The number of hydrogen-bond donors (Lipinski definition) is 1. The summed E-state index contributed by atoms with van der Waals surface area (Å²) in [6, 6.07) is 0. The molecule has 1 aliphatic carbocycles. The Kier molecular flexibility index (Phi) is 2.05. The van der Waals surface area contributed by atoms with Gasteiger partial charge in [-0.15, -0.1) is 0 Å². The van der Waals surface area contributed by atoms with E-state index in [2.05, 4.69) is 9.97 Å². The van der Waals surface area contributed by atoms with Crippen LogP contribution in [0.2, 0.25) is 0 Å². The van der Waals surface area contributed by atoms with Crippen LogP contribution in [0, 0.1) is 12.8 Å². The van der Waals surface area contributed by atoms with Crippen molar-refractivity contribution >= 4 is 0 Å². The van der Waals surface area contributed by atoms with Crippen LogP contribution in [0.5, 0.6) is 0 Å². The van der Waals surface area contributed by atoms with Gasteiger partial charge in [0.15, 0.2) is 0 Å². The van der Waals surface area contributed by atoms with Gasteiger partial charge in [-0.25, -0.2) is 4.98 Å². The fraction of sp³-hybridized carbons (Fsp3) is 0.667. The molecule has 1 fully saturated rings. The molecule has 1 saturated carbocycles. The van der Waals surface area contributed by atoms with Crippen molar-refractivity contribution in [3.8, 4) is 0 Å². The van der Waals surface area contributed by atoms with Crippen molar-refractivity contribution in [1.82, 2.24) is 9.97 Å². The molecule has 0 amide bonds. The Morgan fingerprint density at radius 2 is 2.07 bits per heavy atom. The topological polar surface area (TPSA) is 28.7 Å². The number of rotatable bonds is 2. The summed E-state index contributed by atoms with van der Waals surface area (Å²) >= 11 is 0. The van der Waals surface area contributed by atoms with Crippen LogP contribution in [0.15, 0.2) is 0 Å². The van der Waals surface area contributed by atoms with E-state index in [1.54, 1.807) is 6.92 Å². The number of nitrogens with one attached hydrogen (secondary N) is 1. The van der Waals surface area contributed by atoms with E-state index in [0.717, 1.165) is 12.8 Å². The molecule has 2 rings (SSSR count). The quantitative estimate of drug-likeness (QED) is 0.788. The first kappa shape index (κ1) is 9.55. The van der Waals surface area contributed by atoms with Gasteiger partial charge in [-0.2, -0.15) is 13.2 Å². The van der Waals surface area contributed by atoms with Crippen molar-refractivity contribution in [2.75, 3.05) is 0 Å². The minimum atomic E-state index is -4.35. The predicted molar refractivity (Wildman–Crippen MR) is 44.8 cm³/mol. The molecule has 1 N–H and O–H groups in total. The van der Waals surface area contributed by atoms with Gasteiger partial charge >= 0.3 is 6.18 Å². The van der Waals surface area contributed by atoms with Gasteiger partial charge in [0.1, 0.15) is 0 Å². The highest BCUT2D eigenvalue weighted by atomic mass is 19.4. The summed E-state index contributed by atoms with van der Waals surface area (Å²) in [7, 11) is 0. The lowest BCUT2D eigenvalue weighted by Crippen LogP contribution is -2.07. The predicted octanol–water partition coefficient (Wildman–Crippen LogP) is 2.69. The van der Waals surface area contributed by atoms with Crippen LogP contribution in [-0.4, -0.2) is 9.97 Å². The number of hydrogen-bond acceptors (Lipinski definition) is 1. The van der Waals surface area contributed by atoms with E-state index in [1.165, 1.54) is 0 Å². The van der Waals surface area contributed by atoms with Crippen LogP contribution >= 0.6 is 0 Å². The zero-order valence-electron chi connectivity index (χ0n) is 7.78. The first-order chi connectivity index (χ1) is 6.47. The van der Waals surface area contributed by atoms with Crippen LogP contribution in [0.1, 0.15) is 30.1 Å². The second-order valence-electron chi connectivity index (χ2n) is 3.80. The van der Waals surface area contributed by atoms with E-state index in [4.69, 9.17) is 0 Å². The van der Waals surface area contributed by atoms with Crippen LogP contribution in [0.4, 0.5) is 13.2 Å². The Morgan fingerprint density at radius 3 is 2.50 bits per heavy atom. The first-order valence-electron chi connectivity index (χ1n) is 4.59. The van der Waals surface area contributed by atoms with Gasteiger partial charge in [0.05, 0.1) is 5.69 Å². The Hall–Kier alpha value is -1.00. The first-order valence-corrected chi connectivity index (χ1v) is 4.59. The van der Waals surface area contributed by atoms with Crippen molar-refractivity contribution in [3.05, 3.63) is 17.2 Å². The summed E-state index contributed by atoms with van der Waals surface area (Å²) in [5.41, 5.74) is 1.11. The second kappa shape index (κ2) is 3.00. The average molecular weight is 204 g/mol. The molecule has 0 saturated heterocycles. The summed E-state index contributed by atoms with van der Waals surface area (Å²) in [5.74, 6) is -0.316. The van der Waals surface area contributed by atoms with E-state index < -0.39 is 12.0 Å². The number of H-pyrrole nitrogens is 1. The van der Waals surface area contributed by atoms with Crippen LogP contribution in [0.25, 0.3) is 0 Å². The molecule has 78 valence electrons. The largest absolute Gasteiger partial charge is 0.449 e. The van der Waals surface area contributed by atoms with Crippen molar-refractivity contribution in [3.63, 3.8) is 0 Å². The Morgan fingerprint density at radius 1 is 1.43 bits per heavy atom. The molecule has 1 heterocycles. The van der Waals surface area contributed by atoms with Gasteiger partial charge < -0.3 is 4.98 Å². The maximum atomic E-state index is 12.2. The van der Waals surface area contributed by atoms with Crippen molar-refractivity contribution < 1.29 is 13.2 Å². The number of aromatic nitrogens is 2. The summed E-state index contributed by atoms with van der Waals surface area (Å²) in [5, 5.41) is 0. The van der Waals surface area contributed by atoms with Gasteiger partial charge in [-0.05, 0) is 32.1 Å². The van der Waals surface area contributed by atoms with E-state index in [-0.39, 0.29) is 0 Å². The molecule has 1 aromatic heterocycles. The van der Waals surface area contributed by atoms with Gasteiger partial charge in [0.2, 0.25) is 5.82 Å². The van der Waals surface area contributed by atoms with E-state index >= 15 is 0 Å². The number of alkyl halides is 3. The summed E-state index contributed by atoms with van der Waals surface area (Å²) in [6.07, 6.45) is -1.44. The number of halogens is 3. The molecule has 0 atom stereocenters. The minimum absolute atomic E-state index is 0.546. The molecule has 0 unspecified atom stereocenters. The van der Waals surface area contributed by atoms with E-state index in [1.807, 2.05) is 0 Å². The average Bonchev–Trinajstić information content (AvgIpc) is 2.76. The molecule has 0 radical (unpaired) electrons. The van der Waals surface area contributed by atoms with Gasteiger partial charge in [0, 0.05) is 5.69 Å². The lowest BCUT2D eigenvalue weighted by Gasteiger charge is -1.99. The summed E-state index contributed by atoms with van der Waals surface area (Å²) in [4.78, 5) is 5.86. The monoisotopic (exact) mass is 204 g/mol. The molecular weight excluding hydrogens is 193 g/mol. The van der Waals surface area contributed by atoms with Crippen LogP contribution in [0.3, 0.4) is 0 Å². The van der Waals surface area contributed by atoms with Crippen LogP contribution < -0.4 is 0 Å². The molecule has 1 aromatic rings. The SMILES string of the molecule is Cc1[nH]c(C(F)(F)F)nc1CC1CC1. The van der Waals surface area contributed by atoms with Gasteiger partial charge in [-0.3, -0.25) is 0 Å². The molecule has 0 spiro atoms. The summed E-state index contributed by atoms with van der Waals surface area (Å²) < 4.78 is 36.7. The molecule has 5 heteroatoms. The highest BCUT2D eigenvalue weighted by molar-refractivity contribution is 5.16. The highest BCUT2D eigenvalue weighted by Gasteiger charge is 2.35. The maximum Gasteiger partial charge on any atom is 0.449 e. The van der Waals surface area contributed by atoms with Crippen molar-refractivity contribution in [2.45, 2.75) is 32.4 Å². The maximum absolute atomic E-state index is 12.2. The molecule has 2 nitrogen and oxygen atoms in total. The molecule has 0 bridgehead atoms. The van der Waals surface area contributed by atoms with E-state index in [0.29, 0.717) is 23.7 Å². The molecule has 0 aromatic carbocycles. The number of aromatic amines is 1. The van der Waals surface area contributed by atoms with Gasteiger partial charge in [-0.1, -0.05) is 0 Å². The molecular formula is C9H11F3N2. The third-order valence-electron chi connectivity index (χ3n) is 2.43.